The summed E-state index contributed by atoms with van der Waals surface area (Å²) in [5.74, 6) is 0. The van der Waals surface area contributed by atoms with Gasteiger partial charge in [0.05, 0.1) is 27.9 Å². The molecule has 0 fully saturated rings. The highest BCUT2D eigenvalue weighted by atomic mass is 16.1. The number of fused-ring (bicyclic) bond motifs is 11. The number of hydrogen-bond donors (Lipinski definition) is 0. The molecule has 5 heteroatoms. The molecule has 0 saturated heterocycles. The normalized spacial score (nSPS) is 14.2. The van der Waals surface area contributed by atoms with Crippen molar-refractivity contribution in [1.82, 2.24) is 14.0 Å². The molecule has 2 aliphatic rings. The number of nitrogens with zero attached hydrogens (tertiary/aromatic N) is 4. The van der Waals surface area contributed by atoms with E-state index < -0.39 is 0 Å². The molecule has 0 unspecified atom stereocenters. The summed E-state index contributed by atoms with van der Waals surface area (Å²) < 4.78 is 3.55. The lowest BCUT2D eigenvalue weighted by molar-refractivity contribution is 0.660. The van der Waals surface area contributed by atoms with Crippen LogP contribution in [0.5, 0.6) is 0 Å². The summed E-state index contributed by atoms with van der Waals surface area (Å²) >= 11 is 0. The molecule has 5 nitrogen and oxygen atoms in total. The van der Waals surface area contributed by atoms with E-state index in [0.717, 1.165) is 55.8 Å². The van der Waals surface area contributed by atoms with E-state index >= 15 is 0 Å². The summed E-state index contributed by atoms with van der Waals surface area (Å²) in [7, 11) is 0. The van der Waals surface area contributed by atoms with Crippen LogP contribution in [-0.2, 0) is 10.8 Å². The Kier molecular flexibility index (Phi) is 7.41. The second-order valence-corrected chi connectivity index (χ2v) is 17.6. The van der Waals surface area contributed by atoms with Gasteiger partial charge in [-0.3, -0.25) is 4.57 Å². The van der Waals surface area contributed by atoms with Crippen molar-refractivity contribution < 1.29 is 0 Å². The van der Waals surface area contributed by atoms with E-state index in [1.54, 1.807) is 8.97 Å². The molecule has 0 amide bonds. The molecule has 2 aliphatic carbocycles. The Labute approximate surface area is 354 Å². The van der Waals surface area contributed by atoms with Gasteiger partial charge in [0, 0.05) is 33.2 Å². The third kappa shape index (κ3) is 5.01. The maximum atomic E-state index is 14.3. The van der Waals surface area contributed by atoms with Crippen LogP contribution in [0.3, 0.4) is 0 Å². The maximum absolute atomic E-state index is 14.3. The van der Waals surface area contributed by atoms with Crippen LogP contribution in [-0.4, -0.2) is 14.0 Å². The summed E-state index contributed by atoms with van der Waals surface area (Å²) in [5, 5.41) is 0.908. The van der Waals surface area contributed by atoms with E-state index in [1.165, 1.54) is 44.5 Å². The molecular formula is C56H42N4O. The lowest BCUT2D eigenvalue weighted by Gasteiger charge is -2.30. The van der Waals surface area contributed by atoms with E-state index in [4.69, 9.17) is 4.98 Å². The van der Waals surface area contributed by atoms with Gasteiger partial charge in [-0.2, -0.15) is 0 Å². The number of benzene rings is 8. The molecule has 10 aromatic rings. The van der Waals surface area contributed by atoms with Crippen molar-refractivity contribution >= 4 is 44.6 Å². The molecule has 292 valence electrons. The minimum Gasteiger partial charge on any atom is -0.310 e. The summed E-state index contributed by atoms with van der Waals surface area (Å²) in [5.41, 5.74) is 19.5. The van der Waals surface area contributed by atoms with Gasteiger partial charge in [-0.25, -0.2) is 14.2 Å². The van der Waals surface area contributed by atoms with E-state index in [1.807, 2.05) is 54.6 Å². The first-order valence-electron chi connectivity index (χ1n) is 21.1. The van der Waals surface area contributed by atoms with E-state index in [9.17, 15) is 4.79 Å². The first kappa shape index (κ1) is 35.4. The summed E-state index contributed by atoms with van der Waals surface area (Å²) in [6.45, 7) is 9.39. The smallest absolute Gasteiger partial charge is 0.310 e. The van der Waals surface area contributed by atoms with Crippen molar-refractivity contribution in [2.24, 2.45) is 0 Å². The molecule has 0 N–H and O–H groups in total. The number of aromatic nitrogens is 3. The second kappa shape index (κ2) is 12.8. The highest BCUT2D eigenvalue weighted by molar-refractivity contribution is 6.00. The molecule has 8 aromatic carbocycles. The SMILES string of the molecule is CC1(C)c2ccccc2-c2ccc(N(c3ccc(-c4ccc5c(c4)c4nc6ccccc6n4c(=O)n5-c4ccccc4)cc3)c3cccc4c3-c3ccccc3C4(C)C)cc21. The summed E-state index contributed by atoms with van der Waals surface area (Å²) in [6.07, 6.45) is 0. The average Bonchev–Trinajstić information content (AvgIpc) is 3.88. The number of para-hydroxylation sites is 3. The van der Waals surface area contributed by atoms with Gasteiger partial charge in [-0.05, 0) is 117 Å². The zero-order valence-corrected chi connectivity index (χ0v) is 34.5. The molecule has 0 radical (unpaired) electrons. The van der Waals surface area contributed by atoms with Crippen molar-refractivity contribution in [3.8, 4) is 39.1 Å². The molecule has 2 heterocycles. The zero-order valence-electron chi connectivity index (χ0n) is 34.5. The van der Waals surface area contributed by atoms with Crippen molar-refractivity contribution in [3.05, 3.63) is 215 Å². The fraction of sp³-hybridized carbons (Fsp3) is 0.107. The van der Waals surface area contributed by atoms with Gasteiger partial charge in [0.25, 0.3) is 0 Å². The van der Waals surface area contributed by atoms with Crippen LogP contribution >= 0.6 is 0 Å². The van der Waals surface area contributed by atoms with E-state index in [2.05, 4.69) is 160 Å². The molecule has 0 aliphatic heterocycles. The van der Waals surface area contributed by atoms with Crippen LogP contribution in [0.2, 0.25) is 0 Å². The fourth-order valence-corrected chi connectivity index (χ4v) is 10.5. The number of imidazole rings is 1. The van der Waals surface area contributed by atoms with E-state index in [-0.39, 0.29) is 16.5 Å². The fourth-order valence-electron chi connectivity index (χ4n) is 10.5. The number of anilines is 3. The standard InChI is InChI=1S/C56H42N4O/c1-55(2)45-20-11-9-18-42(45)52-46(55)21-14-24-51(52)58(39-30-31-41-40-17-8-10-19-44(40)56(3,4)47(41)34-39)38-28-25-35(26-29-38)36-27-32-49-43(33-36)53-57-48-22-12-13-23-50(48)60(53)54(61)59(49)37-15-6-5-7-16-37/h5-34H,1-4H3. The molecule has 0 saturated carbocycles. The third-order valence-electron chi connectivity index (χ3n) is 13.5. The Balaban J connectivity index is 1.04. The van der Waals surface area contributed by atoms with Crippen molar-refractivity contribution in [2.45, 2.75) is 38.5 Å². The molecule has 12 rings (SSSR count). The van der Waals surface area contributed by atoms with Crippen LogP contribution in [0.25, 0.3) is 66.7 Å². The van der Waals surface area contributed by atoms with Crippen molar-refractivity contribution in [3.63, 3.8) is 0 Å². The van der Waals surface area contributed by atoms with Gasteiger partial charge in [0.15, 0.2) is 5.65 Å². The Hall–Kier alpha value is -7.50. The van der Waals surface area contributed by atoms with Gasteiger partial charge in [0.1, 0.15) is 0 Å². The molecule has 61 heavy (non-hydrogen) atoms. The maximum Gasteiger partial charge on any atom is 0.339 e. The second-order valence-electron chi connectivity index (χ2n) is 17.6. The number of hydrogen-bond acceptors (Lipinski definition) is 3. The topological polar surface area (TPSA) is 42.5 Å². The Morgan fingerprint density at radius 2 is 1.11 bits per heavy atom. The van der Waals surface area contributed by atoms with Crippen LogP contribution in [0, 0.1) is 0 Å². The molecular weight excluding hydrogens is 745 g/mol. The molecule has 0 spiro atoms. The Morgan fingerprint density at radius 3 is 1.92 bits per heavy atom. The van der Waals surface area contributed by atoms with E-state index in [0.29, 0.717) is 5.65 Å². The molecule has 0 bridgehead atoms. The largest absolute Gasteiger partial charge is 0.339 e. The van der Waals surface area contributed by atoms with Gasteiger partial charge >= 0.3 is 5.69 Å². The molecule has 0 atom stereocenters. The zero-order chi connectivity index (χ0) is 41.2. The van der Waals surface area contributed by atoms with Gasteiger partial charge in [-0.15, -0.1) is 0 Å². The predicted octanol–water partition coefficient (Wildman–Crippen LogP) is 13.5. The monoisotopic (exact) mass is 786 g/mol. The summed E-state index contributed by atoms with van der Waals surface area (Å²) in [6, 6.07) is 64.7. The first-order chi connectivity index (χ1) is 29.7. The summed E-state index contributed by atoms with van der Waals surface area (Å²) in [4.78, 5) is 21.8. The van der Waals surface area contributed by atoms with Gasteiger partial charge in [-0.1, -0.05) is 143 Å². The van der Waals surface area contributed by atoms with Crippen LogP contribution < -0.4 is 10.6 Å². The van der Waals surface area contributed by atoms with Crippen LogP contribution in [0.15, 0.2) is 187 Å². The van der Waals surface area contributed by atoms with Gasteiger partial charge in [0.2, 0.25) is 0 Å². The Morgan fingerprint density at radius 1 is 0.492 bits per heavy atom. The van der Waals surface area contributed by atoms with Crippen LogP contribution in [0.1, 0.15) is 49.9 Å². The first-order valence-corrected chi connectivity index (χ1v) is 21.1. The number of rotatable bonds is 5. The van der Waals surface area contributed by atoms with Crippen molar-refractivity contribution in [1.29, 1.82) is 0 Å². The van der Waals surface area contributed by atoms with Crippen molar-refractivity contribution in [2.75, 3.05) is 4.90 Å². The molecule has 2 aromatic heterocycles. The lowest BCUT2D eigenvalue weighted by Crippen LogP contribution is -2.25. The minimum absolute atomic E-state index is 0.132. The van der Waals surface area contributed by atoms with Crippen LogP contribution in [0.4, 0.5) is 17.1 Å². The lowest BCUT2D eigenvalue weighted by atomic mass is 9.82. The minimum atomic E-state index is -0.142. The van der Waals surface area contributed by atoms with Gasteiger partial charge < -0.3 is 4.90 Å². The predicted molar refractivity (Wildman–Crippen MR) is 251 cm³/mol. The third-order valence-corrected chi connectivity index (χ3v) is 13.5. The average molecular weight is 787 g/mol. The highest BCUT2D eigenvalue weighted by Crippen LogP contribution is 2.55. The highest BCUT2D eigenvalue weighted by Gasteiger charge is 2.39. The Bertz CT molecular complexity index is 3500. The quantitative estimate of drug-likeness (QED) is 0.174.